The lowest BCUT2D eigenvalue weighted by molar-refractivity contribution is -0.121. The van der Waals surface area contributed by atoms with Crippen molar-refractivity contribution in [3.8, 4) is 0 Å². The molecule has 0 aromatic rings. The summed E-state index contributed by atoms with van der Waals surface area (Å²) in [6, 6.07) is 0.113. The second kappa shape index (κ2) is 3.29. The highest BCUT2D eigenvalue weighted by Gasteiger charge is 2.46. The Labute approximate surface area is 72.7 Å². The molecule has 0 aromatic heterocycles. The normalized spacial score (nSPS) is 23.2. The minimum absolute atomic E-state index is 0.0518. The molecular formula is C9H17F2N. The Morgan fingerprint density at radius 2 is 1.92 bits per heavy atom. The average molecular weight is 177 g/mol. The van der Waals surface area contributed by atoms with Gasteiger partial charge in [-0.05, 0) is 13.0 Å². The van der Waals surface area contributed by atoms with Crippen molar-refractivity contribution < 1.29 is 8.78 Å². The zero-order chi connectivity index (χ0) is 9.35. The molecule has 0 radical (unpaired) electrons. The van der Waals surface area contributed by atoms with Crippen LogP contribution in [0, 0.1) is 5.92 Å². The van der Waals surface area contributed by atoms with Gasteiger partial charge in [0.2, 0.25) is 0 Å². The number of rotatable bonds is 3. The Balaban J connectivity index is 2.23. The van der Waals surface area contributed by atoms with Crippen LogP contribution < -0.4 is 0 Å². The highest BCUT2D eigenvalue weighted by molar-refractivity contribution is 4.91. The summed E-state index contributed by atoms with van der Waals surface area (Å²) in [7, 11) is 1.93. The van der Waals surface area contributed by atoms with Crippen molar-refractivity contribution in [2.75, 3.05) is 13.6 Å². The monoisotopic (exact) mass is 177 g/mol. The maximum Gasteiger partial charge on any atom is 0.251 e. The van der Waals surface area contributed by atoms with Gasteiger partial charge in [0.15, 0.2) is 0 Å². The fourth-order valence-corrected chi connectivity index (χ4v) is 1.67. The molecule has 1 saturated carbocycles. The molecule has 1 aliphatic rings. The third-order valence-corrected chi connectivity index (χ3v) is 2.35. The molecule has 12 heavy (non-hydrogen) atoms. The van der Waals surface area contributed by atoms with Crippen molar-refractivity contribution in [2.24, 2.45) is 5.92 Å². The largest absolute Gasteiger partial charge is 0.303 e. The van der Waals surface area contributed by atoms with Gasteiger partial charge in [0.25, 0.3) is 5.92 Å². The van der Waals surface area contributed by atoms with E-state index in [2.05, 4.69) is 13.8 Å². The van der Waals surface area contributed by atoms with Gasteiger partial charge in [0, 0.05) is 25.4 Å². The molecule has 1 fully saturated rings. The zero-order valence-electron chi connectivity index (χ0n) is 7.98. The van der Waals surface area contributed by atoms with Crippen molar-refractivity contribution in [1.29, 1.82) is 0 Å². The van der Waals surface area contributed by atoms with Crippen molar-refractivity contribution in [3.05, 3.63) is 0 Å². The first-order valence-electron chi connectivity index (χ1n) is 4.49. The first-order valence-corrected chi connectivity index (χ1v) is 4.49. The van der Waals surface area contributed by atoms with Gasteiger partial charge >= 0.3 is 0 Å². The lowest BCUT2D eigenvalue weighted by Crippen LogP contribution is -2.50. The molecule has 0 saturated heterocycles. The van der Waals surface area contributed by atoms with Crippen LogP contribution in [0.4, 0.5) is 8.78 Å². The number of hydrogen-bond donors (Lipinski definition) is 0. The number of hydrogen-bond acceptors (Lipinski definition) is 1. The van der Waals surface area contributed by atoms with Crippen LogP contribution in [-0.2, 0) is 0 Å². The van der Waals surface area contributed by atoms with E-state index in [0.29, 0.717) is 5.92 Å². The molecule has 1 nitrogen and oxygen atoms in total. The van der Waals surface area contributed by atoms with E-state index in [1.807, 2.05) is 11.9 Å². The van der Waals surface area contributed by atoms with Gasteiger partial charge in [-0.15, -0.1) is 0 Å². The van der Waals surface area contributed by atoms with E-state index in [9.17, 15) is 8.78 Å². The minimum Gasteiger partial charge on any atom is -0.303 e. The molecule has 72 valence electrons. The Kier molecular flexibility index (Phi) is 2.71. The second-order valence-electron chi connectivity index (χ2n) is 4.25. The SMILES string of the molecule is CC(C)CN(C)C1CC(F)(F)C1. The first-order chi connectivity index (χ1) is 5.41. The molecule has 1 rings (SSSR count). The second-order valence-corrected chi connectivity index (χ2v) is 4.25. The van der Waals surface area contributed by atoms with Gasteiger partial charge in [0.1, 0.15) is 0 Å². The minimum atomic E-state index is -2.38. The van der Waals surface area contributed by atoms with Crippen molar-refractivity contribution in [2.45, 2.75) is 38.7 Å². The Bertz CT molecular complexity index is 146. The predicted molar refractivity (Wildman–Crippen MR) is 45.4 cm³/mol. The lowest BCUT2D eigenvalue weighted by atomic mass is 9.87. The van der Waals surface area contributed by atoms with E-state index in [-0.39, 0.29) is 18.9 Å². The van der Waals surface area contributed by atoms with Crippen molar-refractivity contribution in [1.82, 2.24) is 4.90 Å². The average Bonchev–Trinajstić information content (AvgIpc) is 1.80. The summed E-state index contributed by atoms with van der Waals surface area (Å²) < 4.78 is 24.9. The quantitative estimate of drug-likeness (QED) is 0.639. The molecular weight excluding hydrogens is 160 g/mol. The predicted octanol–water partition coefficient (Wildman–Crippen LogP) is 2.37. The van der Waals surface area contributed by atoms with Crippen LogP contribution in [0.1, 0.15) is 26.7 Å². The van der Waals surface area contributed by atoms with Crippen LogP contribution in [-0.4, -0.2) is 30.5 Å². The summed E-state index contributed by atoms with van der Waals surface area (Å²) in [6.45, 7) is 5.13. The van der Waals surface area contributed by atoms with Crippen LogP contribution in [0.15, 0.2) is 0 Å². The summed E-state index contributed by atoms with van der Waals surface area (Å²) in [6.07, 6.45) is 0.104. The maximum atomic E-state index is 12.5. The zero-order valence-corrected chi connectivity index (χ0v) is 7.98. The van der Waals surface area contributed by atoms with Gasteiger partial charge in [-0.25, -0.2) is 8.78 Å². The molecule has 0 aromatic carbocycles. The van der Waals surface area contributed by atoms with Crippen LogP contribution in [0.25, 0.3) is 0 Å². The Morgan fingerprint density at radius 3 is 2.25 bits per heavy atom. The maximum absolute atomic E-state index is 12.5. The van der Waals surface area contributed by atoms with E-state index in [0.717, 1.165) is 6.54 Å². The van der Waals surface area contributed by atoms with Crippen molar-refractivity contribution >= 4 is 0 Å². The smallest absolute Gasteiger partial charge is 0.251 e. The molecule has 0 amide bonds. The molecule has 0 heterocycles. The van der Waals surface area contributed by atoms with E-state index in [4.69, 9.17) is 0 Å². The summed E-state index contributed by atoms with van der Waals surface area (Å²) in [5.74, 6) is -1.82. The fourth-order valence-electron chi connectivity index (χ4n) is 1.67. The lowest BCUT2D eigenvalue weighted by Gasteiger charge is -2.41. The van der Waals surface area contributed by atoms with E-state index >= 15 is 0 Å². The molecule has 0 bridgehead atoms. The van der Waals surface area contributed by atoms with E-state index in [1.54, 1.807) is 0 Å². The fraction of sp³-hybridized carbons (Fsp3) is 1.00. The molecule has 0 atom stereocenters. The number of nitrogens with zero attached hydrogens (tertiary/aromatic N) is 1. The molecule has 0 unspecified atom stereocenters. The van der Waals surface area contributed by atoms with E-state index in [1.165, 1.54) is 0 Å². The highest BCUT2D eigenvalue weighted by Crippen LogP contribution is 2.39. The summed E-state index contributed by atoms with van der Waals surface area (Å²) in [5.41, 5.74) is 0. The summed E-state index contributed by atoms with van der Waals surface area (Å²) >= 11 is 0. The van der Waals surface area contributed by atoms with Gasteiger partial charge in [-0.3, -0.25) is 0 Å². The first kappa shape index (κ1) is 9.90. The molecule has 0 aliphatic heterocycles. The van der Waals surface area contributed by atoms with Crippen LogP contribution >= 0.6 is 0 Å². The van der Waals surface area contributed by atoms with E-state index < -0.39 is 5.92 Å². The van der Waals surface area contributed by atoms with Gasteiger partial charge in [-0.1, -0.05) is 13.8 Å². The van der Waals surface area contributed by atoms with Gasteiger partial charge in [0.05, 0.1) is 0 Å². The topological polar surface area (TPSA) is 3.24 Å². The Morgan fingerprint density at radius 1 is 1.42 bits per heavy atom. The summed E-state index contributed by atoms with van der Waals surface area (Å²) in [4.78, 5) is 2.04. The van der Waals surface area contributed by atoms with Crippen LogP contribution in [0.5, 0.6) is 0 Å². The van der Waals surface area contributed by atoms with Crippen molar-refractivity contribution in [3.63, 3.8) is 0 Å². The highest BCUT2D eigenvalue weighted by atomic mass is 19.3. The standard InChI is InChI=1S/C9H17F2N/c1-7(2)6-12(3)8-4-9(10,11)5-8/h7-8H,4-6H2,1-3H3. The van der Waals surface area contributed by atoms with Gasteiger partial charge in [-0.2, -0.15) is 0 Å². The van der Waals surface area contributed by atoms with Crippen LogP contribution in [0.2, 0.25) is 0 Å². The molecule has 3 heteroatoms. The third kappa shape index (κ3) is 2.41. The number of halogens is 2. The van der Waals surface area contributed by atoms with Crippen LogP contribution in [0.3, 0.4) is 0 Å². The van der Waals surface area contributed by atoms with Gasteiger partial charge < -0.3 is 4.90 Å². The Hall–Kier alpha value is -0.180. The summed E-state index contributed by atoms with van der Waals surface area (Å²) in [5, 5.41) is 0. The molecule has 0 spiro atoms. The molecule has 1 aliphatic carbocycles. The molecule has 0 N–H and O–H groups in total. The number of alkyl halides is 2. The third-order valence-electron chi connectivity index (χ3n) is 2.35.